The number of para-hydroxylation sites is 1. The van der Waals surface area contributed by atoms with Gasteiger partial charge in [0.25, 0.3) is 0 Å². The SMILES string of the molecule is CN(C1CCN(Cc2cnc3ccccc3c2)CC1)S(=O)(=O)c1ccc(Nc2nccc(Nc3ccc(F)cc3)n2)cc1. The molecule has 3 heterocycles. The van der Waals surface area contributed by atoms with Crippen molar-refractivity contribution in [3.05, 3.63) is 109 Å². The summed E-state index contributed by atoms with van der Waals surface area (Å²) in [6.45, 7) is 2.43. The molecule has 6 rings (SSSR count). The van der Waals surface area contributed by atoms with Gasteiger partial charge in [-0.05, 0) is 85.1 Å². The van der Waals surface area contributed by atoms with Crippen LogP contribution in [0.3, 0.4) is 0 Å². The monoisotopic (exact) mass is 597 g/mol. The first-order valence-corrected chi connectivity index (χ1v) is 15.5. The summed E-state index contributed by atoms with van der Waals surface area (Å²) < 4.78 is 41.6. The van der Waals surface area contributed by atoms with Crippen LogP contribution in [0.2, 0.25) is 0 Å². The lowest BCUT2D eigenvalue weighted by Crippen LogP contribution is -2.45. The third-order valence-corrected chi connectivity index (χ3v) is 9.61. The number of sulfonamides is 1. The molecular weight excluding hydrogens is 565 g/mol. The minimum Gasteiger partial charge on any atom is -0.340 e. The number of nitrogens with one attached hydrogen (secondary N) is 2. The smallest absolute Gasteiger partial charge is 0.243 e. The van der Waals surface area contributed by atoms with E-state index in [4.69, 9.17) is 0 Å². The van der Waals surface area contributed by atoms with Crippen LogP contribution in [-0.4, -0.2) is 58.8 Å². The van der Waals surface area contributed by atoms with Gasteiger partial charge >= 0.3 is 0 Å². The topological polar surface area (TPSA) is 103 Å². The van der Waals surface area contributed by atoms with E-state index in [0.717, 1.165) is 48.9 Å². The molecule has 1 aliphatic heterocycles. The van der Waals surface area contributed by atoms with Gasteiger partial charge in [0.15, 0.2) is 0 Å². The van der Waals surface area contributed by atoms with Gasteiger partial charge in [-0.2, -0.15) is 9.29 Å². The Balaban J connectivity index is 1.04. The highest BCUT2D eigenvalue weighted by atomic mass is 32.2. The van der Waals surface area contributed by atoms with Crippen molar-refractivity contribution in [3.63, 3.8) is 0 Å². The van der Waals surface area contributed by atoms with E-state index in [1.54, 1.807) is 55.7 Å². The number of rotatable bonds is 9. The number of nitrogens with zero attached hydrogens (tertiary/aromatic N) is 5. The van der Waals surface area contributed by atoms with Crippen LogP contribution in [0.5, 0.6) is 0 Å². The van der Waals surface area contributed by atoms with Crippen LogP contribution in [0.15, 0.2) is 102 Å². The Bertz CT molecular complexity index is 1810. The van der Waals surface area contributed by atoms with Crippen molar-refractivity contribution >= 4 is 44.1 Å². The fourth-order valence-corrected chi connectivity index (χ4v) is 6.69. The number of piperidine rings is 1. The van der Waals surface area contributed by atoms with E-state index in [1.807, 2.05) is 24.4 Å². The third kappa shape index (κ3) is 6.80. The van der Waals surface area contributed by atoms with E-state index in [2.05, 4.69) is 42.6 Å². The molecule has 0 atom stereocenters. The molecule has 2 aromatic heterocycles. The van der Waals surface area contributed by atoms with Crippen molar-refractivity contribution in [2.75, 3.05) is 30.8 Å². The summed E-state index contributed by atoms with van der Waals surface area (Å²) >= 11 is 0. The molecule has 11 heteroatoms. The summed E-state index contributed by atoms with van der Waals surface area (Å²) in [5.41, 5.74) is 3.49. The second-order valence-corrected chi connectivity index (χ2v) is 12.6. The van der Waals surface area contributed by atoms with Crippen LogP contribution in [-0.2, 0) is 16.6 Å². The van der Waals surface area contributed by atoms with E-state index in [-0.39, 0.29) is 16.8 Å². The molecule has 220 valence electrons. The highest BCUT2D eigenvalue weighted by Gasteiger charge is 2.31. The predicted molar refractivity (Wildman–Crippen MR) is 166 cm³/mol. The first-order chi connectivity index (χ1) is 20.8. The molecule has 5 aromatic rings. The molecule has 0 bridgehead atoms. The Hall–Kier alpha value is -4.45. The quantitative estimate of drug-likeness (QED) is 0.215. The lowest BCUT2D eigenvalue weighted by molar-refractivity contribution is 0.164. The minimum atomic E-state index is -3.66. The average molecular weight is 598 g/mol. The van der Waals surface area contributed by atoms with Gasteiger partial charge in [0, 0.05) is 61.9 Å². The number of anilines is 4. The number of halogens is 1. The number of likely N-dealkylation sites (tertiary alicyclic amines) is 1. The lowest BCUT2D eigenvalue weighted by atomic mass is 10.0. The van der Waals surface area contributed by atoms with Crippen molar-refractivity contribution in [1.82, 2.24) is 24.2 Å². The summed E-state index contributed by atoms with van der Waals surface area (Å²) in [5.74, 6) is 0.555. The molecule has 1 fully saturated rings. The number of fused-ring (bicyclic) bond motifs is 1. The highest BCUT2D eigenvalue weighted by molar-refractivity contribution is 7.89. The lowest BCUT2D eigenvalue weighted by Gasteiger charge is -2.36. The van der Waals surface area contributed by atoms with Gasteiger partial charge in [-0.15, -0.1) is 0 Å². The van der Waals surface area contributed by atoms with Crippen molar-refractivity contribution in [2.45, 2.75) is 30.3 Å². The van der Waals surface area contributed by atoms with Crippen molar-refractivity contribution in [1.29, 1.82) is 0 Å². The zero-order valence-corrected chi connectivity index (χ0v) is 24.5. The largest absolute Gasteiger partial charge is 0.340 e. The highest BCUT2D eigenvalue weighted by Crippen LogP contribution is 2.26. The van der Waals surface area contributed by atoms with Crippen LogP contribution in [0.1, 0.15) is 18.4 Å². The molecule has 0 saturated carbocycles. The summed E-state index contributed by atoms with van der Waals surface area (Å²) in [4.78, 5) is 15.8. The number of pyridine rings is 1. The molecule has 0 unspecified atom stereocenters. The van der Waals surface area contributed by atoms with Gasteiger partial charge in [-0.1, -0.05) is 18.2 Å². The fraction of sp³-hybridized carbons (Fsp3) is 0.219. The number of aromatic nitrogens is 3. The van der Waals surface area contributed by atoms with Crippen molar-refractivity contribution < 1.29 is 12.8 Å². The average Bonchev–Trinajstić information content (AvgIpc) is 3.03. The van der Waals surface area contributed by atoms with Gasteiger partial charge in [0.1, 0.15) is 11.6 Å². The van der Waals surface area contributed by atoms with Gasteiger partial charge in [-0.25, -0.2) is 17.8 Å². The Morgan fingerprint density at radius 3 is 2.37 bits per heavy atom. The van der Waals surface area contributed by atoms with Crippen LogP contribution in [0.25, 0.3) is 10.9 Å². The van der Waals surface area contributed by atoms with E-state index in [0.29, 0.717) is 23.1 Å². The second kappa shape index (κ2) is 12.4. The third-order valence-electron chi connectivity index (χ3n) is 7.68. The maximum Gasteiger partial charge on any atom is 0.243 e. The molecule has 0 spiro atoms. The molecule has 1 saturated heterocycles. The van der Waals surface area contributed by atoms with Gasteiger partial charge in [0.05, 0.1) is 10.4 Å². The van der Waals surface area contributed by atoms with Crippen LogP contribution < -0.4 is 10.6 Å². The molecule has 43 heavy (non-hydrogen) atoms. The molecular formula is C32H32FN7O2S. The molecule has 0 radical (unpaired) electrons. The Morgan fingerprint density at radius 2 is 1.60 bits per heavy atom. The Labute approximate surface area is 250 Å². The molecule has 0 amide bonds. The normalized spacial score (nSPS) is 14.7. The summed E-state index contributed by atoms with van der Waals surface area (Å²) in [6, 6.07) is 24.4. The maximum atomic E-state index is 13.5. The van der Waals surface area contributed by atoms with E-state index >= 15 is 0 Å². The standard InChI is InChI=1S/C32H32FN7O2S/c1-39(28-15-18-40(19-16-28)22-23-20-24-4-2-3-5-30(24)35-21-23)43(41,42)29-12-10-27(11-13-29)37-32-34-17-14-31(38-32)36-26-8-6-25(33)7-9-26/h2-14,17,20-21,28H,15-16,18-19,22H2,1H3,(H2,34,36,37,38). The Kier molecular flexibility index (Phi) is 8.28. The summed E-state index contributed by atoms with van der Waals surface area (Å²) in [5, 5.41) is 7.33. The van der Waals surface area contributed by atoms with Gasteiger partial charge < -0.3 is 10.6 Å². The van der Waals surface area contributed by atoms with Crippen LogP contribution >= 0.6 is 0 Å². The predicted octanol–water partition coefficient (Wildman–Crippen LogP) is 5.94. The summed E-state index contributed by atoms with van der Waals surface area (Å²) in [6.07, 6.45) is 5.04. The molecule has 3 aromatic carbocycles. The first-order valence-electron chi connectivity index (χ1n) is 14.1. The Morgan fingerprint density at radius 1 is 0.907 bits per heavy atom. The molecule has 2 N–H and O–H groups in total. The van der Waals surface area contributed by atoms with Crippen LogP contribution in [0, 0.1) is 5.82 Å². The number of benzene rings is 3. The fourth-order valence-electron chi connectivity index (χ4n) is 5.27. The maximum absolute atomic E-state index is 13.5. The first kappa shape index (κ1) is 28.7. The van der Waals surface area contributed by atoms with Crippen LogP contribution in [0.4, 0.5) is 27.5 Å². The molecule has 0 aliphatic carbocycles. The number of hydrogen-bond acceptors (Lipinski definition) is 8. The van der Waals surface area contributed by atoms with Crippen molar-refractivity contribution in [3.8, 4) is 0 Å². The zero-order valence-electron chi connectivity index (χ0n) is 23.7. The minimum absolute atomic E-state index is 0.0708. The zero-order chi connectivity index (χ0) is 29.8. The second-order valence-electron chi connectivity index (χ2n) is 10.6. The number of hydrogen-bond donors (Lipinski definition) is 2. The molecule has 9 nitrogen and oxygen atoms in total. The summed E-state index contributed by atoms with van der Waals surface area (Å²) in [7, 11) is -2.00. The van der Waals surface area contributed by atoms with E-state index in [9.17, 15) is 12.8 Å². The molecule has 1 aliphatic rings. The van der Waals surface area contributed by atoms with Crippen molar-refractivity contribution in [2.24, 2.45) is 0 Å². The van der Waals surface area contributed by atoms with Gasteiger partial charge in [0.2, 0.25) is 16.0 Å². The van der Waals surface area contributed by atoms with Gasteiger partial charge in [-0.3, -0.25) is 9.88 Å². The van der Waals surface area contributed by atoms with E-state index < -0.39 is 10.0 Å². The van der Waals surface area contributed by atoms with E-state index in [1.165, 1.54) is 16.4 Å².